The maximum atomic E-state index is 13.3. The van der Waals surface area contributed by atoms with Gasteiger partial charge in [-0.15, -0.1) is 11.3 Å². The van der Waals surface area contributed by atoms with Gasteiger partial charge < -0.3 is 18.6 Å². The number of nitrogens with zero attached hydrogens (tertiary/aromatic N) is 4. The Morgan fingerprint density at radius 2 is 1.08 bits per heavy atom. The maximum absolute atomic E-state index is 13.3. The lowest BCUT2D eigenvalue weighted by Gasteiger charge is -2.16. The summed E-state index contributed by atoms with van der Waals surface area (Å²) in [7, 11) is 0. The van der Waals surface area contributed by atoms with E-state index in [0.29, 0.717) is 0 Å². The van der Waals surface area contributed by atoms with Gasteiger partial charge in [0.05, 0.1) is 12.4 Å². The normalized spacial score (nSPS) is 13.0. The third kappa shape index (κ3) is 5.28. The molecule has 0 aliphatic carbocycles. The van der Waals surface area contributed by atoms with Gasteiger partial charge in [-0.25, -0.2) is 10.9 Å². The summed E-state index contributed by atoms with van der Waals surface area (Å²) >= 11 is 0.974. The van der Waals surface area contributed by atoms with E-state index in [1.54, 1.807) is 12.4 Å². The average molecular weight is 669 g/mol. The van der Waals surface area contributed by atoms with Gasteiger partial charge in [-0.3, -0.25) is 9.59 Å². The van der Waals surface area contributed by atoms with E-state index in [-0.39, 0.29) is 34.5 Å². The maximum Gasteiger partial charge on any atom is 0.285 e. The highest BCUT2D eigenvalue weighted by Gasteiger charge is 2.31. The van der Waals surface area contributed by atoms with Crippen molar-refractivity contribution in [2.24, 2.45) is 10.2 Å². The second kappa shape index (κ2) is 12.6. The van der Waals surface area contributed by atoms with Crippen LogP contribution in [-0.2, 0) is 13.1 Å². The molecular weight excluding hydrogens is 637 g/mol. The molecule has 0 saturated heterocycles. The smallest absolute Gasteiger partial charge is 0.285 e. The fourth-order valence-electron chi connectivity index (χ4n) is 6.67. The summed E-state index contributed by atoms with van der Waals surface area (Å²) in [6.07, 6.45) is 3.21. The standard InChI is InChI=1S/C38H32N6O4S/c1-3-43-29-11-7-5-9-25(29)27-19-23(13-15-31(27)43)21-39-41-37(45)35-33-34(48-18-17-47-33)36(49-35)38(46)42-40-22-24-14-16-32-28(20-24)26-10-6-8-12-30(26)44(32)4-2/h5-16,19-22H,3-4,17-18H2,1-2H3,(H,41,45)(H,42,46)/b39-21-,40-22-. The average Bonchev–Trinajstić information content (AvgIpc) is 3.79. The molecule has 0 atom stereocenters. The predicted octanol–water partition coefficient (Wildman–Crippen LogP) is 7.30. The van der Waals surface area contributed by atoms with Gasteiger partial charge in [0.2, 0.25) is 0 Å². The Balaban J connectivity index is 0.995. The first-order valence-electron chi connectivity index (χ1n) is 16.2. The third-order valence-electron chi connectivity index (χ3n) is 8.80. The minimum atomic E-state index is -0.506. The molecule has 2 amide bonds. The van der Waals surface area contributed by atoms with E-state index >= 15 is 0 Å². The van der Waals surface area contributed by atoms with Crippen molar-refractivity contribution in [3.05, 3.63) is 106 Å². The Bertz CT molecular complexity index is 2320. The van der Waals surface area contributed by atoms with Crippen LogP contribution in [0.15, 0.2) is 95.1 Å². The number of nitrogens with one attached hydrogen (secondary N) is 2. The number of hydrogen-bond acceptors (Lipinski definition) is 7. The predicted molar refractivity (Wildman–Crippen MR) is 196 cm³/mol. The zero-order valence-electron chi connectivity index (χ0n) is 26.9. The molecule has 0 spiro atoms. The van der Waals surface area contributed by atoms with Gasteiger partial charge in [-0.1, -0.05) is 48.5 Å². The molecule has 0 saturated carbocycles. The molecule has 0 unspecified atom stereocenters. The number of carbonyl (C=O) groups excluding carboxylic acids is 2. The van der Waals surface area contributed by atoms with Crippen LogP contribution in [0.1, 0.15) is 44.3 Å². The summed E-state index contributed by atoms with van der Waals surface area (Å²) in [5.74, 6) is -0.559. The van der Waals surface area contributed by atoms with Crippen molar-refractivity contribution >= 4 is 79.2 Å². The van der Waals surface area contributed by atoms with Gasteiger partial charge >= 0.3 is 0 Å². The van der Waals surface area contributed by atoms with E-state index < -0.39 is 11.8 Å². The highest BCUT2D eigenvalue weighted by atomic mass is 32.1. The number of amides is 2. The van der Waals surface area contributed by atoms with Crippen LogP contribution in [0.2, 0.25) is 0 Å². The second-order valence-corrected chi connectivity index (χ2v) is 12.6. The molecule has 3 aromatic heterocycles. The lowest BCUT2D eigenvalue weighted by atomic mass is 10.1. The molecule has 0 bridgehead atoms. The molecule has 11 heteroatoms. The summed E-state index contributed by atoms with van der Waals surface area (Å²) in [5.41, 5.74) is 11.5. The number of rotatable bonds is 8. The zero-order valence-corrected chi connectivity index (χ0v) is 27.7. The lowest BCUT2D eigenvalue weighted by Crippen LogP contribution is -2.21. The molecule has 0 radical (unpaired) electrons. The fraction of sp³-hybridized carbons (Fsp3) is 0.158. The summed E-state index contributed by atoms with van der Waals surface area (Å²) in [4.78, 5) is 26.9. The molecular formula is C38H32N6O4S. The van der Waals surface area contributed by atoms with Crippen LogP contribution >= 0.6 is 11.3 Å². The second-order valence-electron chi connectivity index (χ2n) is 11.6. The Morgan fingerprint density at radius 1 is 0.653 bits per heavy atom. The molecule has 244 valence electrons. The highest BCUT2D eigenvalue weighted by Crippen LogP contribution is 2.44. The van der Waals surface area contributed by atoms with Crippen LogP contribution in [-0.4, -0.2) is 46.6 Å². The van der Waals surface area contributed by atoms with Crippen molar-refractivity contribution in [3.8, 4) is 11.5 Å². The lowest BCUT2D eigenvalue weighted by molar-refractivity contribution is 0.0935. The van der Waals surface area contributed by atoms with Crippen LogP contribution in [0, 0.1) is 0 Å². The minimum absolute atomic E-state index is 0.195. The minimum Gasteiger partial charge on any atom is -0.484 e. The topological polar surface area (TPSA) is 111 Å². The molecule has 4 aromatic carbocycles. The van der Waals surface area contributed by atoms with Gasteiger partial charge in [-0.2, -0.15) is 10.2 Å². The number of aromatic nitrogens is 2. The first-order valence-corrected chi connectivity index (χ1v) is 17.0. The van der Waals surface area contributed by atoms with Crippen LogP contribution in [0.5, 0.6) is 11.5 Å². The van der Waals surface area contributed by atoms with E-state index in [9.17, 15) is 9.59 Å². The van der Waals surface area contributed by atoms with E-state index in [1.807, 2.05) is 36.4 Å². The summed E-state index contributed by atoms with van der Waals surface area (Å²) in [6, 6.07) is 28.8. The zero-order chi connectivity index (χ0) is 33.5. The number of ether oxygens (including phenoxy) is 2. The molecule has 49 heavy (non-hydrogen) atoms. The molecule has 10 nitrogen and oxygen atoms in total. The van der Waals surface area contributed by atoms with E-state index in [4.69, 9.17) is 9.47 Å². The Labute approximate surface area is 285 Å². The summed E-state index contributed by atoms with van der Waals surface area (Å²) in [6.45, 7) is 6.50. The highest BCUT2D eigenvalue weighted by molar-refractivity contribution is 7.16. The van der Waals surface area contributed by atoms with Gasteiger partial charge in [0.1, 0.15) is 23.0 Å². The SMILES string of the molecule is CCn1c2ccccc2c2cc(/C=N\NC(=O)c3sc(C(=O)N/N=C\c4ccc5c(c4)c4ccccc4n5CC)c4c3OCCO4)ccc21. The summed E-state index contributed by atoms with van der Waals surface area (Å²) in [5, 5.41) is 13.0. The number of aryl methyl sites for hydroxylation is 2. The summed E-state index contributed by atoms with van der Waals surface area (Å²) < 4.78 is 16.1. The molecule has 2 N–H and O–H groups in total. The van der Waals surface area contributed by atoms with Crippen LogP contribution in [0.25, 0.3) is 43.6 Å². The van der Waals surface area contributed by atoms with E-state index in [0.717, 1.165) is 68.1 Å². The van der Waals surface area contributed by atoms with Crippen molar-refractivity contribution in [3.63, 3.8) is 0 Å². The van der Waals surface area contributed by atoms with Gasteiger partial charge in [0, 0.05) is 56.7 Å². The monoisotopic (exact) mass is 668 g/mol. The Morgan fingerprint density at radius 3 is 1.53 bits per heavy atom. The first kappa shape index (κ1) is 30.4. The molecule has 7 aromatic rings. The quantitative estimate of drug-likeness (QED) is 0.131. The largest absolute Gasteiger partial charge is 0.484 e. The molecule has 1 aliphatic rings. The number of benzene rings is 4. The van der Waals surface area contributed by atoms with Crippen LogP contribution < -0.4 is 20.3 Å². The van der Waals surface area contributed by atoms with Crippen molar-refractivity contribution < 1.29 is 19.1 Å². The fourth-order valence-corrected chi connectivity index (χ4v) is 7.64. The van der Waals surface area contributed by atoms with Crippen LogP contribution in [0.3, 0.4) is 0 Å². The molecule has 4 heterocycles. The number of hydrogen-bond donors (Lipinski definition) is 2. The number of carbonyl (C=O) groups is 2. The Kier molecular flexibility index (Phi) is 7.81. The number of para-hydroxylation sites is 2. The molecule has 1 aliphatic heterocycles. The number of fused-ring (bicyclic) bond motifs is 7. The van der Waals surface area contributed by atoms with Crippen molar-refractivity contribution in [2.45, 2.75) is 26.9 Å². The van der Waals surface area contributed by atoms with E-state index in [1.165, 1.54) is 11.0 Å². The van der Waals surface area contributed by atoms with Crippen molar-refractivity contribution in [2.75, 3.05) is 13.2 Å². The van der Waals surface area contributed by atoms with Gasteiger partial charge in [-0.05, 0) is 61.4 Å². The molecule has 0 fully saturated rings. The van der Waals surface area contributed by atoms with E-state index in [2.05, 4.69) is 92.6 Å². The Hall–Kier alpha value is -5.94. The van der Waals surface area contributed by atoms with Gasteiger partial charge in [0.15, 0.2) is 11.5 Å². The third-order valence-corrected chi connectivity index (χ3v) is 9.95. The number of thiophene rings is 1. The molecule has 8 rings (SSSR count). The number of hydrazone groups is 2. The van der Waals surface area contributed by atoms with Crippen molar-refractivity contribution in [1.29, 1.82) is 0 Å². The first-order chi connectivity index (χ1) is 24.1. The van der Waals surface area contributed by atoms with Crippen LogP contribution in [0.4, 0.5) is 0 Å². The van der Waals surface area contributed by atoms with Crippen molar-refractivity contribution in [1.82, 2.24) is 20.0 Å². The van der Waals surface area contributed by atoms with Gasteiger partial charge in [0.25, 0.3) is 11.8 Å².